The van der Waals surface area contributed by atoms with Crippen LogP contribution < -0.4 is 5.32 Å². The molecule has 2 aliphatic heterocycles. The Bertz CT molecular complexity index is 1020. The van der Waals surface area contributed by atoms with Gasteiger partial charge in [-0.25, -0.2) is 8.42 Å². The van der Waals surface area contributed by atoms with E-state index in [1.54, 1.807) is 12.1 Å². The summed E-state index contributed by atoms with van der Waals surface area (Å²) in [4.78, 5) is 15.0. The maximum Gasteiger partial charge on any atom is 0.308 e. The number of nitrogens with zero attached hydrogens (tertiary/aromatic N) is 4. The maximum absolute atomic E-state index is 12.6. The summed E-state index contributed by atoms with van der Waals surface area (Å²) in [6.45, 7) is 7.16. The average Bonchev–Trinajstić information content (AvgIpc) is 3.50. The van der Waals surface area contributed by atoms with Crippen molar-refractivity contribution in [1.29, 1.82) is 0 Å². The van der Waals surface area contributed by atoms with Gasteiger partial charge in [0.25, 0.3) is 0 Å². The molecule has 1 atom stereocenters. The van der Waals surface area contributed by atoms with Crippen LogP contribution in [0, 0.1) is 5.92 Å². The highest BCUT2D eigenvalue weighted by molar-refractivity contribution is 7.89. The van der Waals surface area contributed by atoms with Crippen LogP contribution in [0.3, 0.4) is 0 Å². The van der Waals surface area contributed by atoms with E-state index in [1.807, 2.05) is 0 Å². The molecule has 2 aromatic rings. The van der Waals surface area contributed by atoms with E-state index in [0.29, 0.717) is 25.2 Å². The van der Waals surface area contributed by atoms with Crippen molar-refractivity contribution in [3.05, 3.63) is 30.2 Å². The van der Waals surface area contributed by atoms with Crippen molar-refractivity contribution in [2.45, 2.75) is 43.9 Å². The standard InChI is InChI=1S/C22H31N5O4S/c1-17-6-4-12-26(16-17)13-5-11-23-20(28)22-25-24-21(31-22)18-7-9-19(10-8-18)32(29,30)27-14-2-3-15-27/h7-10,17H,2-6,11-16H2,1H3,(H,23,28). The zero-order chi connectivity index (χ0) is 22.6. The predicted molar refractivity (Wildman–Crippen MR) is 120 cm³/mol. The summed E-state index contributed by atoms with van der Waals surface area (Å²) in [6.07, 6.45) is 5.18. The molecular formula is C22H31N5O4S. The van der Waals surface area contributed by atoms with Gasteiger partial charge in [0.05, 0.1) is 4.90 Å². The fraction of sp³-hybridized carbons (Fsp3) is 0.591. The number of nitrogens with one attached hydrogen (secondary N) is 1. The van der Waals surface area contributed by atoms with E-state index in [1.165, 1.54) is 29.3 Å². The van der Waals surface area contributed by atoms with E-state index in [4.69, 9.17) is 4.42 Å². The van der Waals surface area contributed by atoms with Crippen molar-refractivity contribution in [2.24, 2.45) is 5.92 Å². The molecule has 2 saturated heterocycles. The third-order valence-electron chi connectivity index (χ3n) is 6.10. The van der Waals surface area contributed by atoms with Gasteiger partial charge in [-0.05, 0) is 75.4 Å². The van der Waals surface area contributed by atoms with E-state index >= 15 is 0 Å². The zero-order valence-corrected chi connectivity index (χ0v) is 19.3. The van der Waals surface area contributed by atoms with Crippen LogP contribution >= 0.6 is 0 Å². The highest BCUT2D eigenvalue weighted by Crippen LogP contribution is 2.24. The van der Waals surface area contributed by atoms with Gasteiger partial charge < -0.3 is 14.6 Å². The van der Waals surface area contributed by atoms with Crippen LogP contribution in [0.2, 0.25) is 0 Å². The lowest BCUT2D eigenvalue weighted by Crippen LogP contribution is -2.36. The normalized spacial score (nSPS) is 20.5. The third-order valence-corrected chi connectivity index (χ3v) is 8.01. The van der Waals surface area contributed by atoms with Crippen molar-refractivity contribution in [1.82, 2.24) is 24.7 Å². The van der Waals surface area contributed by atoms with Crippen LogP contribution in [0.4, 0.5) is 0 Å². The predicted octanol–water partition coefficient (Wildman–Crippen LogP) is 2.37. The fourth-order valence-corrected chi connectivity index (χ4v) is 5.87. The monoisotopic (exact) mass is 461 g/mol. The van der Waals surface area contributed by atoms with Crippen LogP contribution in [0.25, 0.3) is 11.5 Å². The first kappa shape index (κ1) is 22.9. The Balaban J connectivity index is 1.29. The number of likely N-dealkylation sites (tertiary alicyclic amines) is 1. The molecule has 174 valence electrons. The molecule has 1 N–H and O–H groups in total. The summed E-state index contributed by atoms with van der Waals surface area (Å²) in [7, 11) is -3.47. The number of hydrogen-bond acceptors (Lipinski definition) is 7. The van der Waals surface area contributed by atoms with E-state index in [9.17, 15) is 13.2 Å². The summed E-state index contributed by atoms with van der Waals surface area (Å²) in [5.74, 6) is 0.427. The van der Waals surface area contributed by atoms with Gasteiger partial charge in [0.2, 0.25) is 15.9 Å². The fourth-order valence-electron chi connectivity index (χ4n) is 4.35. The van der Waals surface area contributed by atoms with Crippen LogP contribution in [0.5, 0.6) is 0 Å². The molecule has 0 radical (unpaired) electrons. The molecule has 4 rings (SSSR count). The Morgan fingerprint density at radius 1 is 1.12 bits per heavy atom. The molecule has 1 aromatic carbocycles. The minimum atomic E-state index is -3.47. The molecule has 10 heteroatoms. The molecule has 0 spiro atoms. The first-order valence-electron chi connectivity index (χ1n) is 11.4. The summed E-state index contributed by atoms with van der Waals surface area (Å²) < 4.78 is 32.3. The third kappa shape index (κ3) is 5.36. The summed E-state index contributed by atoms with van der Waals surface area (Å²) >= 11 is 0. The number of carbonyl (C=O) groups excluding carboxylic acids is 1. The van der Waals surface area contributed by atoms with Gasteiger partial charge >= 0.3 is 11.8 Å². The van der Waals surface area contributed by atoms with Crippen molar-refractivity contribution in [3.8, 4) is 11.5 Å². The number of rotatable bonds is 8. The smallest absolute Gasteiger partial charge is 0.308 e. The van der Waals surface area contributed by atoms with E-state index in [-0.39, 0.29) is 16.7 Å². The van der Waals surface area contributed by atoms with E-state index < -0.39 is 15.9 Å². The van der Waals surface area contributed by atoms with Crippen molar-refractivity contribution < 1.29 is 17.6 Å². The van der Waals surface area contributed by atoms with Gasteiger partial charge in [-0.2, -0.15) is 4.31 Å². The van der Waals surface area contributed by atoms with Crippen molar-refractivity contribution in [2.75, 3.05) is 39.3 Å². The second-order valence-corrected chi connectivity index (χ2v) is 10.6. The maximum atomic E-state index is 12.6. The van der Waals surface area contributed by atoms with Crippen molar-refractivity contribution >= 4 is 15.9 Å². The molecule has 0 saturated carbocycles. The summed E-state index contributed by atoms with van der Waals surface area (Å²) in [6, 6.07) is 6.32. The number of carbonyl (C=O) groups is 1. The second-order valence-electron chi connectivity index (χ2n) is 8.71. The molecule has 1 unspecified atom stereocenters. The Kier molecular flexibility index (Phi) is 7.22. The van der Waals surface area contributed by atoms with Crippen LogP contribution in [0.15, 0.2) is 33.6 Å². The quantitative estimate of drug-likeness (QED) is 0.601. The highest BCUT2D eigenvalue weighted by Gasteiger charge is 2.27. The largest absolute Gasteiger partial charge is 0.412 e. The molecule has 2 aliphatic rings. The number of hydrogen-bond donors (Lipinski definition) is 1. The molecule has 1 amide bonds. The number of amides is 1. The minimum absolute atomic E-state index is 0.0969. The average molecular weight is 462 g/mol. The van der Waals surface area contributed by atoms with Crippen LogP contribution in [0.1, 0.15) is 49.7 Å². The highest BCUT2D eigenvalue weighted by atomic mass is 32.2. The van der Waals surface area contributed by atoms with Crippen molar-refractivity contribution in [3.63, 3.8) is 0 Å². The van der Waals surface area contributed by atoms with Gasteiger partial charge in [0, 0.05) is 31.7 Å². The van der Waals surface area contributed by atoms with Crippen LogP contribution in [-0.4, -0.2) is 73.0 Å². The molecule has 0 bridgehead atoms. The molecule has 0 aliphatic carbocycles. The lowest BCUT2D eigenvalue weighted by molar-refractivity contribution is 0.0916. The molecule has 1 aromatic heterocycles. The topological polar surface area (TPSA) is 109 Å². The zero-order valence-electron chi connectivity index (χ0n) is 18.5. The first-order chi connectivity index (χ1) is 15.4. The summed E-state index contributed by atoms with van der Waals surface area (Å²) in [5.41, 5.74) is 0.566. The van der Waals surface area contributed by atoms with Crippen LogP contribution in [-0.2, 0) is 10.0 Å². The summed E-state index contributed by atoms with van der Waals surface area (Å²) in [5, 5.41) is 10.6. The van der Waals surface area contributed by atoms with Gasteiger partial charge in [0.15, 0.2) is 0 Å². The molecule has 9 nitrogen and oxygen atoms in total. The number of piperidine rings is 1. The lowest BCUT2D eigenvalue weighted by Gasteiger charge is -2.30. The number of benzene rings is 1. The van der Waals surface area contributed by atoms with Gasteiger partial charge in [-0.15, -0.1) is 10.2 Å². The Labute approximate surface area is 189 Å². The lowest BCUT2D eigenvalue weighted by atomic mass is 10.0. The van der Waals surface area contributed by atoms with Gasteiger partial charge in [0.1, 0.15) is 0 Å². The SMILES string of the molecule is CC1CCCN(CCCNC(=O)c2nnc(-c3ccc(S(=O)(=O)N4CCCC4)cc3)o2)C1. The molecule has 32 heavy (non-hydrogen) atoms. The number of aromatic nitrogens is 2. The van der Waals surface area contributed by atoms with Gasteiger partial charge in [-0.3, -0.25) is 4.79 Å². The molecule has 3 heterocycles. The second kappa shape index (κ2) is 10.1. The molecule has 2 fully saturated rings. The first-order valence-corrected chi connectivity index (χ1v) is 12.8. The van der Waals surface area contributed by atoms with E-state index in [0.717, 1.165) is 44.8 Å². The van der Waals surface area contributed by atoms with Gasteiger partial charge in [-0.1, -0.05) is 6.92 Å². The Morgan fingerprint density at radius 2 is 1.88 bits per heavy atom. The molecular weight excluding hydrogens is 430 g/mol. The minimum Gasteiger partial charge on any atom is -0.412 e. The van der Waals surface area contributed by atoms with E-state index in [2.05, 4.69) is 27.3 Å². The number of sulfonamides is 1. The Hall–Kier alpha value is -2.30. The Morgan fingerprint density at radius 3 is 2.59 bits per heavy atom.